The fourth-order valence-electron chi connectivity index (χ4n) is 4.51. The molecule has 0 spiro atoms. The second-order valence-corrected chi connectivity index (χ2v) is 19.7. The van der Waals surface area contributed by atoms with Crippen molar-refractivity contribution in [3.05, 3.63) is 16.7 Å². The highest BCUT2D eigenvalue weighted by molar-refractivity contribution is 7.44. The quantitative estimate of drug-likeness (QED) is 0.148. The average Bonchev–Trinajstić information content (AvgIpc) is 3.50. The summed E-state index contributed by atoms with van der Waals surface area (Å²) in [4.78, 5) is 36.6. The summed E-state index contributed by atoms with van der Waals surface area (Å²) in [5, 5.41) is 11.8. The average molecular weight is 652 g/mol. The smallest absolute Gasteiger partial charge is 0.280 e. The molecule has 4 atom stereocenters. The molecule has 1 aliphatic heterocycles. The van der Waals surface area contributed by atoms with Gasteiger partial charge in [0.25, 0.3) is 14.1 Å². The summed E-state index contributed by atoms with van der Waals surface area (Å²) < 4.78 is 30.1. The SMILES string of the molecule is CC(C)C(=O)Nc1nc2c(ncn2[C@H]2C[C@@H](OP(OCCC#N)N(C(C)C)C(C)C)[C@@H](CO[Si](C)(C)C(C)(C)C)O2)c(=O)[nH]1. The minimum atomic E-state index is -2.12. The van der Waals surface area contributed by atoms with Crippen LogP contribution in [-0.2, 0) is 23.0 Å². The molecule has 1 aliphatic rings. The number of anilines is 1. The van der Waals surface area contributed by atoms with Crippen LogP contribution in [-0.4, -0.2) is 75.9 Å². The fraction of sp³-hybridized carbons (Fsp3) is 0.759. The Balaban J connectivity index is 1.98. The van der Waals surface area contributed by atoms with E-state index in [-0.39, 0.29) is 53.4 Å². The van der Waals surface area contributed by atoms with Crippen molar-refractivity contribution in [3.63, 3.8) is 0 Å². The van der Waals surface area contributed by atoms with Gasteiger partial charge in [-0.2, -0.15) is 10.2 Å². The summed E-state index contributed by atoms with van der Waals surface area (Å²) in [5.41, 5.74) is -0.0288. The van der Waals surface area contributed by atoms with E-state index in [1.165, 1.54) is 6.33 Å². The maximum Gasteiger partial charge on any atom is 0.280 e. The van der Waals surface area contributed by atoms with E-state index in [9.17, 15) is 9.59 Å². The van der Waals surface area contributed by atoms with Crippen LogP contribution in [0, 0.1) is 17.2 Å². The van der Waals surface area contributed by atoms with Gasteiger partial charge >= 0.3 is 0 Å². The van der Waals surface area contributed by atoms with Gasteiger partial charge in [-0.3, -0.25) is 24.5 Å². The van der Waals surface area contributed by atoms with Crippen LogP contribution in [0.1, 0.15) is 81.4 Å². The first-order chi connectivity index (χ1) is 20.5. The first kappa shape index (κ1) is 36.2. The molecule has 3 heterocycles. The van der Waals surface area contributed by atoms with E-state index in [0.29, 0.717) is 18.7 Å². The number of amides is 1. The van der Waals surface area contributed by atoms with Crippen molar-refractivity contribution >= 4 is 39.9 Å². The van der Waals surface area contributed by atoms with Gasteiger partial charge in [0.05, 0.1) is 38.1 Å². The second-order valence-electron chi connectivity index (χ2n) is 13.5. The van der Waals surface area contributed by atoms with Gasteiger partial charge in [0.1, 0.15) is 12.3 Å². The predicted molar refractivity (Wildman–Crippen MR) is 173 cm³/mol. The number of aromatic amines is 1. The highest BCUT2D eigenvalue weighted by Crippen LogP contribution is 2.50. The lowest BCUT2D eigenvalue weighted by Crippen LogP contribution is -2.44. The predicted octanol–water partition coefficient (Wildman–Crippen LogP) is 5.68. The third-order valence-electron chi connectivity index (χ3n) is 7.99. The molecule has 15 heteroatoms. The number of H-pyrrole nitrogens is 1. The molecule has 2 N–H and O–H groups in total. The number of rotatable bonds is 14. The van der Waals surface area contributed by atoms with Crippen LogP contribution in [0.4, 0.5) is 5.95 Å². The number of nitriles is 1. The summed E-state index contributed by atoms with van der Waals surface area (Å²) >= 11 is 0. The van der Waals surface area contributed by atoms with Gasteiger partial charge in [0.2, 0.25) is 11.9 Å². The van der Waals surface area contributed by atoms with E-state index < -0.39 is 40.8 Å². The van der Waals surface area contributed by atoms with Crippen LogP contribution in [0.2, 0.25) is 18.1 Å². The molecule has 0 aromatic carbocycles. The Bertz CT molecular complexity index is 1360. The van der Waals surface area contributed by atoms with Gasteiger partial charge in [-0.05, 0) is 45.8 Å². The van der Waals surface area contributed by atoms with E-state index in [0.717, 1.165) is 0 Å². The Kier molecular flexibility index (Phi) is 12.3. The first-order valence-electron chi connectivity index (χ1n) is 15.3. The zero-order valence-corrected chi connectivity index (χ0v) is 29.9. The maximum atomic E-state index is 12.8. The Labute approximate surface area is 263 Å². The third kappa shape index (κ3) is 8.72. The van der Waals surface area contributed by atoms with Crippen LogP contribution in [0.5, 0.6) is 0 Å². The summed E-state index contributed by atoms with van der Waals surface area (Å²) in [6.45, 7) is 23.4. The van der Waals surface area contributed by atoms with Crippen molar-refractivity contribution in [1.82, 2.24) is 24.2 Å². The monoisotopic (exact) mass is 651 g/mol. The van der Waals surface area contributed by atoms with E-state index in [2.05, 4.69) is 92.6 Å². The van der Waals surface area contributed by atoms with Crippen molar-refractivity contribution in [2.75, 3.05) is 18.5 Å². The Morgan fingerprint density at radius 2 is 1.93 bits per heavy atom. The largest absolute Gasteiger partial charge is 0.414 e. The molecule has 1 fully saturated rings. The summed E-state index contributed by atoms with van der Waals surface area (Å²) in [5.74, 6) is -0.512. The normalized spacial score (nSPS) is 20.3. The first-order valence-corrected chi connectivity index (χ1v) is 19.3. The van der Waals surface area contributed by atoms with Crippen LogP contribution in [0.15, 0.2) is 11.1 Å². The molecule has 2 aromatic rings. The van der Waals surface area contributed by atoms with Crippen molar-refractivity contribution in [2.45, 2.75) is 124 Å². The molecule has 3 rings (SSSR count). The molecule has 0 bridgehead atoms. The molecular weight excluding hydrogens is 601 g/mol. The molecule has 0 saturated carbocycles. The van der Waals surface area contributed by atoms with E-state index >= 15 is 0 Å². The molecule has 1 unspecified atom stereocenters. The lowest BCUT2D eigenvalue weighted by Gasteiger charge is -2.39. The zero-order chi connectivity index (χ0) is 33.0. The number of carbonyl (C=O) groups excluding carboxylic acids is 1. The number of carbonyl (C=O) groups is 1. The molecule has 2 aromatic heterocycles. The van der Waals surface area contributed by atoms with E-state index in [4.69, 9.17) is 23.5 Å². The topological polar surface area (TPSA) is 157 Å². The van der Waals surface area contributed by atoms with Crippen molar-refractivity contribution in [3.8, 4) is 6.07 Å². The van der Waals surface area contributed by atoms with Crippen LogP contribution >= 0.6 is 8.53 Å². The molecule has 1 amide bonds. The van der Waals surface area contributed by atoms with Crippen LogP contribution in [0.3, 0.4) is 0 Å². The molecule has 246 valence electrons. The van der Waals surface area contributed by atoms with Crippen molar-refractivity contribution in [1.29, 1.82) is 5.26 Å². The zero-order valence-electron chi connectivity index (χ0n) is 28.0. The number of nitrogens with zero attached hydrogens (tertiary/aromatic N) is 5. The Hall–Kier alpha value is -2.24. The second kappa shape index (κ2) is 14.9. The minimum Gasteiger partial charge on any atom is -0.414 e. The molecule has 0 aliphatic carbocycles. The maximum absolute atomic E-state index is 12.8. The fourth-order valence-corrected chi connectivity index (χ4v) is 7.28. The van der Waals surface area contributed by atoms with Crippen molar-refractivity contribution in [2.24, 2.45) is 5.92 Å². The van der Waals surface area contributed by atoms with Gasteiger partial charge in [-0.15, -0.1) is 0 Å². The van der Waals surface area contributed by atoms with Gasteiger partial charge < -0.3 is 18.2 Å². The number of aromatic nitrogens is 4. The van der Waals surface area contributed by atoms with Gasteiger partial charge in [-0.1, -0.05) is 34.6 Å². The highest BCUT2D eigenvalue weighted by atomic mass is 31.2. The molecular formula is C29H50N7O6PSi. The van der Waals surface area contributed by atoms with Crippen molar-refractivity contribution < 1.29 is 23.0 Å². The number of ether oxygens (including phenoxy) is 1. The summed E-state index contributed by atoms with van der Waals surface area (Å²) in [6, 6.07) is 2.41. The summed E-state index contributed by atoms with van der Waals surface area (Å²) in [6.07, 6.45) is 0.773. The number of fused-ring (bicyclic) bond motifs is 1. The number of imidazole rings is 1. The van der Waals surface area contributed by atoms with Gasteiger partial charge in [-0.25, -0.2) is 9.65 Å². The van der Waals surface area contributed by atoms with E-state index in [1.807, 2.05) is 0 Å². The number of hydrogen-bond acceptors (Lipinski definition) is 10. The van der Waals surface area contributed by atoms with Crippen LogP contribution < -0.4 is 10.9 Å². The lowest BCUT2D eigenvalue weighted by atomic mass is 10.2. The molecule has 44 heavy (non-hydrogen) atoms. The molecule has 1 saturated heterocycles. The molecule has 13 nitrogen and oxygen atoms in total. The Morgan fingerprint density at radius 3 is 2.50 bits per heavy atom. The number of nitrogens with one attached hydrogen (secondary N) is 2. The molecule has 0 radical (unpaired) electrons. The minimum absolute atomic E-state index is 0.00277. The Morgan fingerprint density at radius 1 is 1.27 bits per heavy atom. The summed E-state index contributed by atoms with van der Waals surface area (Å²) in [7, 11) is -3.66. The van der Waals surface area contributed by atoms with Gasteiger partial charge in [0.15, 0.2) is 19.5 Å². The number of hydrogen-bond donors (Lipinski definition) is 2. The highest BCUT2D eigenvalue weighted by Gasteiger charge is 2.44. The van der Waals surface area contributed by atoms with Crippen LogP contribution in [0.25, 0.3) is 11.2 Å². The third-order valence-corrected chi connectivity index (χ3v) is 14.6. The standard InChI is InChI=1S/C29H50N7O6PSi/c1-18(2)26(37)33-28-32-25-24(27(38)34-28)31-17-35(25)23-15-21(22(41-23)16-40-44(10,11)29(7,8)9)42-43(39-14-12-13-30)36(19(3)4)20(5)6/h17-23H,12,14-16H2,1-11H3,(H2,32,33,34,37,38)/t21-,22-,23-,43?/m1/s1. The lowest BCUT2D eigenvalue weighted by molar-refractivity contribution is -0.118. The van der Waals surface area contributed by atoms with Gasteiger partial charge in [0, 0.05) is 24.4 Å². The van der Waals surface area contributed by atoms with E-state index in [1.54, 1.807) is 18.4 Å².